The van der Waals surface area contributed by atoms with E-state index in [1.807, 2.05) is 0 Å². The molecule has 0 aromatic carbocycles. The molecular formula is C14H26N6. The van der Waals surface area contributed by atoms with Crippen molar-refractivity contribution < 1.29 is 0 Å². The lowest BCUT2D eigenvalue weighted by Gasteiger charge is -2.38. The Hall–Kier alpha value is -1.01. The summed E-state index contributed by atoms with van der Waals surface area (Å²) in [6.45, 7) is 8.54. The SMILES string of the molecule is CCN(CC)C1(c2nnnn2C2CCCC2)CCNC1. The van der Waals surface area contributed by atoms with Crippen molar-refractivity contribution in [3.05, 3.63) is 5.82 Å². The molecule has 2 fully saturated rings. The van der Waals surface area contributed by atoms with E-state index in [2.05, 4.69) is 44.3 Å². The molecule has 0 amide bonds. The van der Waals surface area contributed by atoms with Gasteiger partial charge in [-0.15, -0.1) is 5.10 Å². The Bertz CT molecular complexity index is 427. The summed E-state index contributed by atoms with van der Waals surface area (Å²) in [4.78, 5) is 2.52. The molecule has 1 aliphatic carbocycles. The van der Waals surface area contributed by atoms with Gasteiger partial charge in [0.15, 0.2) is 5.82 Å². The van der Waals surface area contributed by atoms with Crippen LogP contribution in [0.25, 0.3) is 0 Å². The standard InChI is InChI=1S/C14H26N6/c1-3-19(4-2)14(9-10-15-11-14)13-16-17-18-20(13)12-7-5-6-8-12/h12,15H,3-11H2,1-2H3. The van der Waals surface area contributed by atoms with Crippen LogP contribution in [-0.4, -0.2) is 51.3 Å². The van der Waals surface area contributed by atoms with Gasteiger partial charge in [0.25, 0.3) is 0 Å². The summed E-state index contributed by atoms with van der Waals surface area (Å²) < 4.78 is 2.14. The van der Waals surface area contributed by atoms with Crippen molar-refractivity contribution in [2.24, 2.45) is 0 Å². The predicted octanol–water partition coefficient (Wildman–Crippen LogP) is 1.32. The van der Waals surface area contributed by atoms with Crippen molar-refractivity contribution in [3.63, 3.8) is 0 Å². The van der Waals surface area contributed by atoms with Gasteiger partial charge in [-0.05, 0) is 49.3 Å². The lowest BCUT2D eigenvalue weighted by molar-refractivity contribution is 0.0993. The molecule has 3 rings (SSSR count). The van der Waals surface area contributed by atoms with Gasteiger partial charge >= 0.3 is 0 Å². The van der Waals surface area contributed by atoms with Crippen LogP contribution in [0.2, 0.25) is 0 Å². The molecule has 20 heavy (non-hydrogen) atoms. The number of nitrogens with zero attached hydrogens (tertiary/aromatic N) is 5. The maximum absolute atomic E-state index is 4.45. The molecular weight excluding hydrogens is 252 g/mol. The summed E-state index contributed by atoms with van der Waals surface area (Å²) in [7, 11) is 0. The Balaban J connectivity index is 1.97. The summed E-state index contributed by atoms with van der Waals surface area (Å²) in [5.41, 5.74) is -0.0183. The fourth-order valence-electron chi connectivity index (χ4n) is 4.00. The molecule has 1 aliphatic heterocycles. The number of tetrazole rings is 1. The van der Waals surface area contributed by atoms with Gasteiger partial charge in [-0.1, -0.05) is 26.7 Å². The van der Waals surface area contributed by atoms with E-state index in [9.17, 15) is 0 Å². The summed E-state index contributed by atoms with van der Waals surface area (Å²) >= 11 is 0. The molecule has 6 heteroatoms. The first-order valence-electron chi connectivity index (χ1n) is 8.06. The maximum atomic E-state index is 4.45. The second kappa shape index (κ2) is 5.77. The second-order valence-electron chi connectivity index (χ2n) is 6.02. The average molecular weight is 278 g/mol. The van der Waals surface area contributed by atoms with Crippen LogP contribution in [-0.2, 0) is 5.54 Å². The van der Waals surface area contributed by atoms with Crippen LogP contribution in [0.3, 0.4) is 0 Å². The highest BCUT2D eigenvalue weighted by Gasteiger charge is 2.45. The normalized spacial score (nSPS) is 27.8. The van der Waals surface area contributed by atoms with E-state index in [1.54, 1.807) is 0 Å². The Morgan fingerprint density at radius 2 is 2.05 bits per heavy atom. The zero-order chi connectivity index (χ0) is 14.0. The Labute approximate surface area is 120 Å². The third-order valence-corrected chi connectivity index (χ3v) is 5.08. The Morgan fingerprint density at radius 3 is 2.65 bits per heavy atom. The van der Waals surface area contributed by atoms with Crippen molar-refractivity contribution in [1.82, 2.24) is 30.4 Å². The van der Waals surface area contributed by atoms with Crippen molar-refractivity contribution in [2.45, 2.75) is 57.5 Å². The Morgan fingerprint density at radius 1 is 1.30 bits per heavy atom. The monoisotopic (exact) mass is 278 g/mol. The third kappa shape index (κ3) is 2.15. The molecule has 112 valence electrons. The topological polar surface area (TPSA) is 58.9 Å². The summed E-state index contributed by atoms with van der Waals surface area (Å²) in [5.74, 6) is 1.08. The smallest absolute Gasteiger partial charge is 0.173 e. The summed E-state index contributed by atoms with van der Waals surface area (Å²) in [6, 6.07) is 0.507. The van der Waals surface area contributed by atoms with E-state index in [4.69, 9.17) is 0 Å². The fourth-order valence-corrected chi connectivity index (χ4v) is 4.00. The highest BCUT2D eigenvalue weighted by molar-refractivity contribution is 5.11. The molecule has 0 spiro atoms. The number of rotatable bonds is 5. The summed E-state index contributed by atoms with van der Waals surface area (Å²) in [5, 5.41) is 16.3. The molecule has 1 saturated carbocycles. The molecule has 6 nitrogen and oxygen atoms in total. The van der Waals surface area contributed by atoms with Gasteiger partial charge in [-0.3, -0.25) is 4.90 Å². The van der Waals surface area contributed by atoms with Gasteiger partial charge in [0.2, 0.25) is 0 Å². The first-order valence-corrected chi connectivity index (χ1v) is 8.06. The van der Waals surface area contributed by atoms with Gasteiger partial charge in [0.1, 0.15) is 0 Å². The second-order valence-corrected chi connectivity index (χ2v) is 6.02. The average Bonchev–Trinajstić information content (AvgIpc) is 3.20. The van der Waals surface area contributed by atoms with E-state index < -0.39 is 0 Å². The van der Waals surface area contributed by atoms with E-state index in [1.165, 1.54) is 25.7 Å². The van der Waals surface area contributed by atoms with Crippen LogP contribution in [0.15, 0.2) is 0 Å². The van der Waals surface area contributed by atoms with E-state index in [0.29, 0.717) is 6.04 Å². The van der Waals surface area contributed by atoms with Crippen LogP contribution in [0.1, 0.15) is 57.8 Å². The first-order chi connectivity index (χ1) is 9.81. The van der Waals surface area contributed by atoms with Crippen molar-refractivity contribution in [1.29, 1.82) is 0 Å². The minimum absolute atomic E-state index is 0.0183. The zero-order valence-corrected chi connectivity index (χ0v) is 12.7. The van der Waals surface area contributed by atoms with E-state index in [0.717, 1.165) is 38.4 Å². The van der Waals surface area contributed by atoms with Gasteiger partial charge < -0.3 is 5.32 Å². The molecule has 1 unspecified atom stereocenters. The quantitative estimate of drug-likeness (QED) is 0.880. The molecule has 1 aromatic heterocycles. The predicted molar refractivity (Wildman–Crippen MR) is 77.4 cm³/mol. The Kier molecular flexibility index (Phi) is 4.03. The van der Waals surface area contributed by atoms with E-state index >= 15 is 0 Å². The molecule has 2 aliphatic rings. The molecule has 1 atom stereocenters. The van der Waals surface area contributed by atoms with Crippen LogP contribution in [0.4, 0.5) is 0 Å². The molecule has 1 N–H and O–H groups in total. The number of hydrogen-bond donors (Lipinski definition) is 1. The first kappa shape index (κ1) is 13.9. The van der Waals surface area contributed by atoms with Crippen molar-refractivity contribution >= 4 is 0 Å². The number of hydrogen-bond acceptors (Lipinski definition) is 5. The number of likely N-dealkylation sites (N-methyl/N-ethyl adjacent to an activating group) is 1. The van der Waals surface area contributed by atoms with Gasteiger partial charge in [-0.2, -0.15) is 0 Å². The van der Waals surface area contributed by atoms with Crippen LogP contribution >= 0.6 is 0 Å². The van der Waals surface area contributed by atoms with Gasteiger partial charge in [-0.25, -0.2) is 4.68 Å². The number of aromatic nitrogens is 4. The van der Waals surface area contributed by atoms with Crippen molar-refractivity contribution in [3.8, 4) is 0 Å². The maximum Gasteiger partial charge on any atom is 0.173 e. The molecule has 2 heterocycles. The van der Waals surface area contributed by atoms with Gasteiger partial charge in [0.05, 0.1) is 11.6 Å². The van der Waals surface area contributed by atoms with Crippen LogP contribution in [0.5, 0.6) is 0 Å². The van der Waals surface area contributed by atoms with Gasteiger partial charge in [0, 0.05) is 6.54 Å². The van der Waals surface area contributed by atoms with Crippen molar-refractivity contribution in [2.75, 3.05) is 26.2 Å². The molecule has 0 bridgehead atoms. The zero-order valence-electron chi connectivity index (χ0n) is 12.7. The highest BCUT2D eigenvalue weighted by Crippen LogP contribution is 2.37. The minimum Gasteiger partial charge on any atom is -0.314 e. The highest BCUT2D eigenvalue weighted by atomic mass is 15.6. The summed E-state index contributed by atoms with van der Waals surface area (Å²) in [6.07, 6.45) is 6.16. The molecule has 1 saturated heterocycles. The fraction of sp³-hybridized carbons (Fsp3) is 0.929. The minimum atomic E-state index is -0.0183. The number of nitrogens with one attached hydrogen (secondary N) is 1. The molecule has 1 aromatic rings. The lowest BCUT2D eigenvalue weighted by atomic mass is 9.94. The third-order valence-electron chi connectivity index (χ3n) is 5.08. The van der Waals surface area contributed by atoms with Crippen LogP contribution < -0.4 is 5.32 Å². The van der Waals surface area contributed by atoms with E-state index in [-0.39, 0.29) is 5.54 Å². The van der Waals surface area contributed by atoms with Crippen LogP contribution in [0, 0.1) is 0 Å². The lowest BCUT2D eigenvalue weighted by Crippen LogP contribution is -2.49. The molecule has 0 radical (unpaired) electrons. The largest absolute Gasteiger partial charge is 0.314 e.